The van der Waals surface area contributed by atoms with E-state index in [1.165, 1.54) is 0 Å². The Labute approximate surface area is 117 Å². The number of nitrogens with one attached hydrogen (secondary N) is 1. The lowest BCUT2D eigenvalue weighted by atomic mass is 10.1. The highest BCUT2D eigenvalue weighted by atomic mass is 16.5. The molecule has 2 N–H and O–H groups in total. The molecule has 1 fully saturated rings. The average Bonchev–Trinajstić information content (AvgIpc) is 3.10. The summed E-state index contributed by atoms with van der Waals surface area (Å²) in [4.78, 5) is 4.29. The molecule has 0 aliphatic carbocycles. The molecule has 0 aromatic carbocycles. The van der Waals surface area contributed by atoms with Gasteiger partial charge in [-0.25, -0.2) is 9.50 Å². The predicted molar refractivity (Wildman–Crippen MR) is 75.7 cm³/mol. The first-order valence-corrected chi connectivity index (χ1v) is 7.16. The lowest BCUT2D eigenvalue weighted by molar-refractivity contribution is 0.00856. The monoisotopic (exact) mass is 276 g/mol. The summed E-state index contributed by atoms with van der Waals surface area (Å²) in [6.07, 6.45) is 4.37. The van der Waals surface area contributed by atoms with E-state index in [4.69, 9.17) is 9.84 Å². The molecule has 1 aliphatic heterocycles. The van der Waals surface area contributed by atoms with Gasteiger partial charge in [0.05, 0.1) is 18.4 Å². The minimum Gasteiger partial charge on any atom is -0.394 e. The molecule has 2 atom stereocenters. The standard InChI is InChI=1S/C14H20N4O2/c1-2-7-15-14-12-5-4-11(18(12)17-9-16-14)13-6-3-10(8-19)20-13/h4-5,9-10,13,19H,2-3,6-8H2,1H3,(H,15,16,17). The Balaban J connectivity index is 1.90. The van der Waals surface area contributed by atoms with Gasteiger partial charge in [0, 0.05) is 6.54 Å². The van der Waals surface area contributed by atoms with Gasteiger partial charge in [0.15, 0.2) is 5.82 Å². The van der Waals surface area contributed by atoms with E-state index < -0.39 is 0 Å². The van der Waals surface area contributed by atoms with Crippen LogP contribution in [0.1, 0.15) is 38.0 Å². The van der Waals surface area contributed by atoms with Crippen LogP contribution in [0, 0.1) is 0 Å². The van der Waals surface area contributed by atoms with Gasteiger partial charge >= 0.3 is 0 Å². The number of aromatic nitrogens is 3. The molecule has 20 heavy (non-hydrogen) atoms. The van der Waals surface area contributed by atoms with Crippen LogP contribution < -0.4 is 5.32 Å². The van der Waals surface area contributed by atoms with Gasteiger partial charge in [0.1, 0.15) is 17.9 Å². The van der Waals surface area contributed by atoms with E-state index in [0.717, 1.165) is 42.8 Å². The number of ether oxygens (including phenoxy) is 1. The maximum atomic E-state index is 9.17. The number of aliphatic hydroxyl groups excluding tert-OH is 1. The van der Waals surface area contributed by atoms with Gasteiger partial charge in [-0.1, -0.05) is 6.92 Å². The van der Waals surface area contributed by atoms with Crippen molar-refractivity contribution in [1.82, 2.24) is 14.6 Å². The quantitative estimate of drug-likeness (QED) is 0.870. The van der Waals surface area contributed by atoms with Crippen LogP contribution in [-0.2, 0) is 4.74 Å². The van der Waals surface area contributed by atoms with Crippen LogP contribution in [0.4, 0.5) is 5.82 Å². The summed E-state index contributed by atoms with van der Waals surface area (Å²) >= 11 is 0. The molecule has 1 aliphatic rings. The van der Waals surface area contributed by atoms with Crippen LogP contribution in [0.5, 0.6) is 0 Å². The summed E-state index contributed by atoms with van der Waals surface area (Å²) in [7, 11) is 0. The van der Waals surface area contributed by atoms with Crippen molar-refractivity contribution >= 4 is 11.3 Å². The number of hydrogen-bond donors (Lipinski definition) is 2. The zero-order valence-corrected chi connectivity index (χ0v) is 11.6. The van der Waals surface area contributed by atoms with Gasteiger partial charge in [-0.05, 0) is 31.4 Å². The molecule has 0 bridgehead atoms. The Morgan fingerprint density at radius 2 is 2.35 bits per heavy atom. The van der Waals surface area contributed by atoms with Gasteiger partial charge in [-0.3, -0.25) is 0 Å². The van der Waals surface area contributed by atoms with E-state index in [9.17, 15) is 0 Å². The average molecular weight is 276 g/mol. The Morgan fingerprint density at radius 3 is 3.10 bits per heavy atom. The fourth-order valence-corrected chi connectivity index (χ4v) is 2.63. The highest BCUT2D eigenvalue weighted by Crippen LogP contribution is 2.33. The predicted octanol–water partition coefficient (Wildman–Crippen LogP) is 1.76. The largest absolute Gasteiger partial charge is 0.394 e. The van der Waals surface area contributed by atoms with E-state index in [1.54, 1.807) is 6.33 Å². The zero-order chi connectivity index (χ0) is 13.9. The van der Waals surface area contributed by atoms with Crippen molar-refractivity contribution in [2.45, 2.75) is 38.4 Å². The normalized spacial score (nSPS) is 22.5. The van der Waals surface area contributed by atoms with Crippen molar-refractivity contribution < 1.29 is 9.84 Å². The van der Waals surface area contributed by atoms with Crippen LogP contribution in [-0.4, -0.2) is 39.0 Å². The third-order valence-electron chi connectivity index (χ3n) is 3.66. The van der Waals surface area contributed by atoms with Crippen LogP contribution in [0.2, 0.25) is 0 Å². The number of fused-ring (bicyclic) bond motifs is 1. The third kappa shape index (κ3) is 2.36. The van der Waals surface area contributed by atoms with Gasteiger partial charge in [-0.15, -0.1) is 0 Å². The van der Waals surface area contributed by atoms with Crippen molar-refractivity contribution in [2.24, 2.45) is 0 Å². The molecular weight excluding hydrogens is 256 g/mol. The lowest BCUT2D eigenvalue weighted by Crippen LogP contribution is -2.12. The number of hydrogen-bond acceptors (Lipinski definition) is 5. The molecule has 0 amide bonds. The number of anilines is 1. The van der Waals surface area contributed by atoms with Gasteiger partial charge < -0.3 is 15.2 Å². The van der Waals surface area contributed by atoms with Crippen LogP contribution in [0.25, 0.3) is 5.52 Å². The maximum Gasteiger partial charge on any atom is 0.153 e. The van der Waals surface area contributed by atoms with Crippen molar-refractivity contribution in [3.05, 3.63) is 24.2 Å². The fourth-order valence-electron chi connectivity index (χ4n) is 2.63. The molecule has 3 rings (SSSR count). The van der Waals surface area contributed by atoms with Gasteiger partial charge in [-0.2, -0.15) is 5.10 Å². The topological polar surface area (TPSA) is 71.7 Å². The molecule has 3 heterocycles. The maximum absolute atomic E-state index is 9.17. The Bertz CT molecular complexity index is 584. The van der Waals surface area contributed by atoms with Crippen LogP contribution >= 0.6 is 0 Å². The molecule has 6 heteroatoms. The molecule has 2 aromatic rings. The van der Waals surface area contributed by atoms with Gasteiger partial charge in [0.2, 0.25) is 0 Å². The van der Waals surface area contributed by atoms with Crippen molar-refractivity contribution in [2.75, 3.05) is 18.5 Å². The summed E-state index contributed by atoms with van der Waals surface area (Å²) in [5, 5.41) is 16.8. The molecule has 108 valence electrons. The summed E-state index contributed by atoms with van der Waals surface area (Å²) in [5.41, 5.74) is 1.99. The van der Waals surface area contributed by atoms with Crippen molar-refractivity contribution in [3.63, 3.8) is 0 Å². The minimum absolute atomic E-state index is 0.00331. The van der Waals surface area contributed by atoms with Crippen molar-refractivity contribution in [1.29, 1.82) is 0 Å². The summed E-state index contributed by atoms with van der Waals surface area (Å²) in [6, 6.07) is 4.05. The van der Waals surface area contributed by atoms with E-state index in [-0.39, 0.29) is 18.8 Å². The summed E-state index contributed by atoms with van der Waals surface area (Å²) in [5.74, 6) is 0.852. The SMILES string of the molecule is CCCNc1ncnn2c(C3CCC(CO)O3)ccc12. The number of aliphatic hydroxyl groups is 1. The van der Waals surface area contributed by atoms with E-state index >= 15 is 0 Å². The third-order valence-corrected chi connectivity index (χ3v) is 3.66. The highest BCUT2D eigenvalue weighted by molar-refractivity contribution is 5.68. The summed E-state index contributed by atoms with van der Waals surface area (Å²) < 4.78 is 7.72. The second-order valence-electron chi connectivity index (χ2n) is 5.10. The second kappa shape index (κ2) is 5.76. The Morgan fingerprint density at radius 1 is 1.45 bits per heavy atom. The fraction of sp³-hybridized carbons (Fsp3) is 0.571. The molecular formula is C14H20N4O2. The smallest absolute Gasteiger partial charge is 0.153 e. The molecule has 0 spiro atoms. The number of nitrogens with zero attached hydrogens (tertiary/aromatic N) is 3. The van der Waals surface area contributed by atoms with Crippen LogP contribution in [0.15, 0.2) is 18.5 Å². The Kier molecular flexibility index (Phi) is 3.84. The first kappa shape index (κ1) is 13.3. The molecule has 2 unspecified atom stereocenters. The van der Waals surface area contributed by atoms with E-state index in [1.807, 2.05) is 16.6 Å². The molecule has 2 aromatic heterocycles. The van der Waals surface area contributed by atoms with Gasteiger partial charge in [0.25, 0.3) is 0 Å². The van der Waals surface area contributed by atoms with Crippen molar-refractivity contribution in [3.8, 4) is 0 Å². The highest BCUT2D eigenvalue weighted by Gasteiger charge is 2.28. The first-order chi connectivity index (χ1) is 9.83. The first-order valence-electron chi connectivity index (χ1n) is 7.16. The summed E-state index contributed by atoms with van der Waals surface area (Å²) in [6.45, 7) is 3.09. The number of rotatable bonds is 5. The molecule has 1 saturated heterocycles. The zero-order valence-electron chi connectivity index (χ0n) is 11.6. The second-order valence-corrected chi connectivity index (χ2v) is 5.10. The molecule has 6 nitrogen and oxygen atoms in total. The van der Waals surface area contributed by atoms with E-state index in [2.05, 4.69) is 22.3 Å². The van der Waals surface area contributed by atoms with Crippen LogP contribution in [0.3, 0.4) is 0 Å². The molecule has 0 saturated carbocycles. The Hall–Kier alpha value is -1.66. The molecule has 0 radical (unpaired) electrons. The lowest BCUT2D eigenvalue weighted by Gasteiger charge is -2.12. The van der Waals surface area contributed by atoms with E-state index in [0.29, 0.717) is 0 Å². The minimum atomic E-state index is -0.0509.